The van der Waals surface area contributed by atoms with Gasteiger partial charge >= 0.3 is 6.18 Å². The number of aryl methyl sites for hydroxylation is 1. The van der Waals surface area contributed by atoms with E-state index in [1.54, 1.807) is 6.92 Å². The number of halogens is 5. The summed E-state index contributed by atoms with van der Waals surface area (Å²) in [4.78, 5) is 2.97. The summed E-state index contributed by atoms with van der Waals surface area (Å²) in [5.41, 5.74) is -1.61. The fraction of sp³-hybridized carbons (Fsp3) is 0.176. The lowest BCUT2D eigenvalue weighted by Crippen LogP contribution is -2.08. The standard InChI is InChI=1S/C17H12F5N3O2S/c1-9-3-10(8-23-7-9)25-14(6-16(24-25)17(20,21)22)11-4-13(19)15(5-12(11)18)28(2,26)27/h3-8H,1-2H3. The van der Waals surface area contributed by atoms with Crippen LogP contribution in [-0.2, 0) is 16.0 Å². The molecule has 0 aliphatic carbocycles. The van der Waals surface area contributed by atoms with Crippen molar-refractivity contribution in [3.63, 3.8) is 0 Å². The van der Waals surface area contributed by atoms with E-state index in [-0.39, 0.29) is 5.69 Å². The molecule has 2 aromatic heterocycles. The van der Waals surface area contributed by atoms with Crippen molar-refractivity contribution in [2.24, 2.45) is 0 Å². The van der Waals surface area contributed by atoms with Gasteiger partial charge in [-0.25, -0.2) is 21.9 Å². The maximum atomic E-state index is 14.6. The molecule has 0 aliphatic rings. The van der Waals surface area contributed by atoms with Gasteiger partial charge < -0.3 is 0 Å². The number of nitrogens with zero attached hydrogens (tertiary/aromatic N) is 3. The Balaban J connectivity index is 2.30. The van der Waals surface area contributed by atoms with E-state index in [1.165, 1.54) is 18.5 Å². The monoisotopic (exact) mass is 417 g/mol. The van der Waals surface area contributed by atoms with Crippen molar-refractivity contribution < 1.29 is 30.4 Å². The summed E-state index contributed by atoms with van der Waals surface area (Å²) in [6.07, 6.45) is -1.48. The summed E-state index contributed by atoms with van der Waals surface area (Å²) in [5.74, 6) is -2.50. The fourth-order valence-electron chi connectivity index (χ4n) is 2.57. The number of hydrogen-bond acceptors (Lipinski definition) is 4. The quantitative estimate of drug-likeness (QED) is 0.606. The van der Waals surface area contributed by atoms with Crippen molar-refractivity contribution in [2.45, 2.75) is 18.0 Å². The van der Waals surface area contributed by atoms with E-state index in [9.17, 15) is 30.4 Å². The molecule has 28 heavy (non-hydrogen) atoms. The van der Waals surface area contributed by atoms with Gasteiger partial charge in [-0.1, -0.05) is 0 Å². The van der Waals surface area contributed by atoms with Crippen LogP contribution in [0.3, 0.4) is 0 Å². The Bertz CT molecular complexity index is 1170. The van der Waals surface area contributed by atoms with Crippen LogP contribution in [0.5, 0.6) is 0 Å². The van der Waals surface area contributed by atoms with Crippen LogP contribution in [0, 0.1) is 18.6 Å². The Hall–Kier alpha value is -2.82. The third-order valence-electron chi connectivity index (χ3n) is 3.80. The summed E-state index contributed by atoms with van der Waals surface area (Å²) < 4.78 is 92.1. The normalized spacial score (nSPS) is 12.4. The van der Waals surface area contributed by atoms with Crippen molar-refractivity contribution in [3.8, 4) is 16.9 Å². The molecular weight excluding hydrogens is 405 g/mol. The van der Waals surface area contributed by atoms with E-state index in [0.717, 1.165) is 4.68 Å². The van der Waals surface area contributed by atoms with Crippen molar-refractivity contribution in [3.05, 3.63) is 59.6 Å². The van der Waals surface area contributed by atoms with Gasteiger partial charge in [0.25, 0.3) is 0 Å². The minimum atomic E-state index is -4.83. The van der Waals surface area contributed by atoms with Gasteiger partial charge in [0, 0.05) is 18.0 Å². The minimum Gasteiger partial charge on any atom is -0.262 e. The van der Waals surface area contributed by atoms with Gasteiger partial charge in [-0.05, 0) is 36.8 Å². The number of rotatable bonds is 3. The number of aromatic nitrogens is 3. The maximum Gasteiger partial charge on any atom is 0.435 e. The smallest absolute Gasteiger partial charge is 0.262 e. The topological polar surface area (TPSA) is 64.8 Å². The first-order chi connectivity index (χ1) is 12.9. The Kier molecular flexibility index (Phi) is 4.74. The molecule has 2 heterocycles. The number of sulfone groups is 1. The van der Waals surface area contributed by atoms with Crippen LogP contribution < -0.4 is 0 Å². The number of benzene rings is 1. The Morgan fingerprint density at radius 2 is 1.68 bits per heavy atom. The second kappa shape index (κ2) is 6.66. The van der Waals surface area contributed by atoms with E-state index in [2.05, 4.69) is 10.1 Å². The predicted octanol–water partition coefficient (Wildman–Crippen LogP) is 3.94. The molecule has 0 bridgehead atoms. The van der Waals surface area contributed by atoms with E-state index in [0.29, 0.717) is 30.0 Å². The summed E-state index contributed by atoms with van der Waals surface area (Å²) in [7, 11) is -4.07. The molecule has 0 saturated heterocycles. The highest BCUT2D eigenvalue weighted by molar-refractivity contribution is 7.90. The molecule has 0 unspecified atom stereocenters. The zero-order valence-corrected chi connectivity index (χ0v) is 15.2. The van der Waals surface area contributed by atoms with Crippen LogP contribution in [0.15, 0.2) is 41.6 Å². The number of pyridine rings is 1. The van der Waals surface area contributed by atoms with Crippen molar-refractivity contribution in [1.29, 1.82) is 0 Å². The van der Waals surface area contributed by atoms with E-state index >= 15 is 0 Å². The lowest BCUT2D eigenvalue weighted by atomic mass is 10.1. The lowest BCUT2D eigenvalue weighted by Gasteiger charge is -2.10. The highest BCUT2D eigenvalue weighted by atomic mass is 32.2. The minimum absolute atomic E-state index is 0.0949. The van der Waals surface area contributed by atoms with Crippen LogP contribution >= 0.6 is 0 Å². The van der Waals surface area contributed by atoms with Gasteiger partial charge in [0.1, 0.15) is 16.5 Å². The van der Waals surface area contributed by atoms with Gasteiger partial charge in [-0.3, -0.25) is 4.98 Å². The van der Waals surface area contributed by atoms with Crippen molar-refractivity contribution >= 4 is 9.84 Å². The van der Waals surface area contributed by atoms with Crippen LogP contribution in [0.4, 0.5) is 22.0 Å². The van der Waals surface area contributed by atoms with E-state index < -0.39 is 49.5 Å². The van der Waals surface area contributed by atoms with E-state index in [1.807, 2.05) is 0 Å². The third kappa shape index (κ3) is 3.75. The van der Waals surface area contributed by atoms with E-state index in [4.69, 9.17) is 0 Å². The molecular formula is C17H12F5N3O2S. The molecule has 1 aromatic carbocycles. The molecule has 0 amide bonds. The van der Waals surface area contributed by atoms with Crippen molar-refractivity contribution in [1.82, 2.24) is 14.8 Å². The predicted molar refractivity (Wildman–Crippen MR) is 89.6 cm³/mol. The molecule has 0 spiro atoms. The molecule has 148 valence electrons. The lowest BCUT2D eigenvalue weighted by molar-refractivity contribution is -0.141. The van der Waals surface area contributed by atoms with Gasteiger partial charge in [0.2, 0.25) is 0 Å². The SMILES string of the molecule is Cc1cncc(-n2nc(C(F)(F)F)cc2-c2cc(F)c(S(C)(=O)=O)cc2F)c1. The second-order valence-corrected chi connectivity index (χ2v) is 8.06. The van der Waals surface area contributed by atoms with Gasteiger partial charge in [0.05, 0.1) is 17.6 Å². The summed E-state index contributed by atoms with van der Waals surface area (Å²) in [6.45, 7) is 1.64. The Morgan fingerprint density at radius 3 is 2.25 bits per heavy atom. The zero-order chi connectivity index (χ0) is 20.9. The van der Waals surface area contributed by atoms with Gasteiger partial charge in [-0.2, -0.15) is 18.3 Å². The molecule has 0 aliphatic heterocycles. The van der Waals surface area contributed by atoms with Gasteiger partial charge in [-0.15, -0.1) is 0 Å². The number of alkyl halides is 3. The first-order valence-electron chi connectivity index (χ1n) is 7.66. The van der Waals surface area contributed by atoms with Crippen molar-refractivity contribution in [2.75, 3.05) is 6.26 Å². The molecule has 0 saturated carbocycles. The average Bonchev–Trinajstić information content (AvgIpc) is 3.01. The first kappa shape index (κ1) is 19.9. The molecule has 0 N–H and O–H groups in total. The highest BCUT2D eigenvalue weighted by Crippen LogP contribution is 2.35. The largest absolute Gasteiger partial charge is 0.435 e. The summed E-state index contributed by atoms with van der Waals surface area (Å²) in [5, 5.41) is 3.46. The molecule has 0 atom stereocenters. The van der Waals surface area contributed by atoms with Crippen LogP contribution in [0.25, 0.3) is 16.9 Å². The zero-order valence-electron chi connectivity index (χ0n) is 14.4. The Labute approximate surface area is 156 Å². The average molecular weight is 417 g/mol. The first-order valence-corrected chi connectivity index (χ1v) is 9.56. The molecule has 0 radical (unpaired) electrons. The fourth-order valence-corrected chi connectivity index (χ4v) is 3.30. The molecule has 3 rings (SSSR count). The number of hydrogen-bond donors (Lipinski definition) is 0. The summed E-state index contributed by atoms with van der Waals surface area (Å²) in [6, 6.07) is 2.98. The van der Waals surface area contributed by atoms with Crippen LogP contribution in [0.2, 0.25) is 0 Å². The third-order valence-corrected chi connectivity index (χ3v) is 4.91. The molecule has 3 aromatic rings. The highest BCUT2D eigenvalue weighted by Gasteiger charge is 2.36. The van der Waals surface area contributed by atoms with Crippen LogP contribution in [0.1, 0.15) is 11.3 Å². The van der Waals surface area contributed by atoms with Crippen LogP contribution in [-0.4, -0.2) is 29.4 Å². The van der Waals surface area contributed by atoms with Gasteiger partial charge in [0.15, 0.2) is 15.5 Å². The maximum absolute atomic E-state index is 14.6. The second-order valence-electron chi connectivity index (χ2n) is 6.08. The molecule has 11 heteroatoms. The molecule has 0 fully saturated rings. The Morgan fingerprint density at radius 1 is 1.00 bits per heavy atom. The summed E-state index contributed by atoms with van der Waals surface area (Å²) >= 11 is 0. The molecule has 5 nitrogen and oxygen atoms in total.